The van der Waals surface area contributed by atoms with Crippen molar-refractivity contribution in [3.63, 3.8) is 0 Å². The van der Waals surface area contributed by atoms with E-state index in [0.29, 0.717) is 16.8 Å². The van der Waals surface area contributed by atoms with Crippen LogP contribution < -0.4 is 5.73 Å². The zero-order valence-electron chi connectivity index (χ0n) is 10.6. The van der Waals surface area contributed by atoms with Crippen LogP contribution in [-0.4, -0.2) is 10.8 Å². The molecule has 2 aromatic carbocycles. The fraction of sp³-hybridized carbons (Fsp3) is 0.0625. The van der Waals surface area contributed by atoms with E-state index in [1.54, 1.807) is 30.5 Å². The number of nitrogens with one attached hydrogen (secondary N) is 1. The minimum atomic E-state index is -0.0100. The van der Waals surface area contributed by atoms with Gasteiger partial charge in [-0.25, -0.2) is 0 Å². The summed E-state index contributed by atoms with van der Waals surface area (Å²) in [5.74, 6) is -0.0100. The molecule has 0 fully saturated rings. The molecule has 0 bridgehead atoms. The second kappa shape index (κ2) is 4.28. The highest BCUT2D eigenvalue weighted by Gasteiger charge is 2.14. The number of anilines is 1. The van der Waals surface area contributed by atoms with E-state index in [1.807, 2.05) is 25.1 Å². The van der Waals surface area contributed by atoms with E-state index in [-0.39, 0.29) is 5.78 Å². The van der Waals surface area contributed by atoms with Crippen LogP contribution in [0.3, 0.4) is 0 Å². The highest BCUT2D eigenvalue weighted by atomic mass is 16.1. The molecule has 3 aromatic rings. The number of fused-ring (bicyclic) bond motifs is 1. The summed E-state index contributed by atoms with van der Waals surface area (Å²) >= 11 is 0. The largest absolute Gasteiger partial charge is 0.399 e. The average molecular weight is 250 g/mol. The Morgan fingerprint density at radius 1 is 1.16 bits per heavy atom. The summed E-state index contributed by atoms with van der Waals surface area (Å²) in [7, 11) is 0. The summed E-state index contributed by atoms with van der Waals surface area (Å²) in [6, 6.07) is 13.1. The van der Waals surface area contributed by atoms with E-state index in [4.69, 9.17) is 5.73 Å². The zero-order valence-corrected chi connectivity index (χ0v) is 10.6. The molecule has 3 rings (SSSR count). The molecule has 3 heteroatoms. The molecular formula is C16H14N2O. The highest BCUT2D eigenvalue weighted by molar-refractivity contribution is 6.16. The molecular weight excluding hydrogens is 236 g/mol. The van der Waals surface area contributed by atoms with Crippen LogP contribution in [0.2, 0.25) is 0 Å². The van der Waals surface area contributed by atoms with E-state index in [9.17, 15) is 4.79 Å². The molecule has 0 aliphatic heterocycles. The molecule has 0 radical (unpaired) electrons. The van der Waals surface area contributed by atoms with Crippen molar-refractivity contribution in [1.82, 2.24) is 4.98 Å². The summed E-state index contributed by atoms with van der Waals surface area (Å²) in [5, 5.41) is 0.951. The lowest BCUT2D eigenvalue weighted by atomic mass is 10.0. The number of aromatic amines is 1. The predicted molar refractivity (Wildman–Crippen MR) is 77.3 cm³/mol. The summed E-state index contributed by atoms with van der Waals surface area (Å²) in [5.41, 5.74) is 9.73. The van der Waals surface area contributed by atoms with Crippen LogP contribution in [-0.2, 0) is 0 Å². The average Bonchev–Trinajstić information content (AvgIpc) is 2.80. The van der Waals surface area contributed by atoms with Gasteiger partial charge in [-0.2, -0.15) is 0 Å². The number of nitrogens with two attached hydrogens (primary N) is 1. The Kier molecular flexibility index (Phi) is 2.60. The molecule has 0 spiro atoms. The third-order valence-corrected chi connectivity index (χ3v) is 3.23. The molecule has 0 atom stereocenters. The molecule has 0 saturated carbocycles. The van der Waals surface area contributed by atoms with Crippen molar-refractivity contribution in [2.45, 2.75) is 6.92 Å². The Hall–Kier alpha value is -2.55. The Bertz CT molecular complexity index is 771. The van der Waals surface area contributed by atoms with Gasteiger partial charge >= 0.3 is 0 Å². The van der Waals surface area contributed by atoms with Gasteiger partial charge in [-0.3, -0.25) is 4.79 Å². The van der Waals surface area contributed by atoms with E-state index in [2.05, 4.69) is 4.98 Å². The second-order valence-corrected chi connectivity index (χ2v) is 4.71. The Balaban J connectivity index is 2.14. The molecule has 0 saturated heterocycles. The SMILES string of the molecule is Cc1ccc2[nH]cc(C(=O)c3cccc(N)c3)c2c1. The number of carbonyl (C=O) groups is 1. The highest BCUT2D eigenvalue weighted by Crippen LogP contribution is 2.23. The van der Waals surface area contributed by atoms with Crippen LogP contribution >= 0.6 is 0 Å². The lowest BCUT2D eigenvalue weighted by Gasteiger charge is -2.01. The Morgan fingerprint density at radius 3 is 2.79 bits per heavy atom. The van der Waals surface area contributed by atoms with E-state index >= 15 is 0 Å². The summed E-state index contributed by atoms with van der Waals surface area (Å²) in [4.78, 5) is 15.6. The number of benzene rings is 2. The van der Waals surface area contributed by atoms with Crippen molar-refractivity contribution in [3.05, 3.63) is 65.4 Å². The number of H-pyrrole nitrogens is 1. The predicted octanol–water partition coefficient (Wildman–Crippen LogP) is 3.29. The molecule has 1 heterocycles. The van der Waals surface area contributed by atoms with Crippen LogP contribution in [0.5, 0.6) is 0 Å². The van der Waals surface area contributed by atoms with Crippen molar-refractivity contribution in [2.24, 2.45) is 0 Å². The fourth-order valence-corrected chi connectivity index (χ4v) is 2.26. The zero-order chi connectivity index (χ0) is 13.4. The van der Waals surface area contributed by atoms with Crippen LogP contribution in [0, 0.1) is 6.92 Å². The number of aromatic nitrogens is 1. The normalized spacial score (nSPS) is 10.8. The fourth-order valence-electron chi connectivity index (χ4n) is 2.26. The van der Waals surface area contributed by atoms with Gasteiger partial charge in [-0.1, -0.05) is 23.8 Å². The van der Waals surface area contributed by atoms with Crippen LogP contribution in [0.4, 0.5) is 5.69 Å². The number of carbonyl (C=O) groups excluding carboxylic acids is 1. The van der Waals surface area contributed by atoms with Gasteiger partial charge in [0.2, 0.25) is 0 Å². The minimum absolute atomic E-state index is 0.0100. The minimum Gasteiger partial charge on any atom is -0.399 e. The first-order valence-corrected chi connectivity index (χ1v) is 6.13. The maximum absolute atomic E-state index is 12.5. The van der Waals surface area contributed by atoms with Gasteiger partial charge in [0, 0.05) is 33.9 Å². The monoisotopic (exact) mass is 250 g/mol. The lowest BCUT2D eigenvalue weighted by Crippen LogP contribution is -2.01. The van der Waals surface area contributed by atoms with Gasteiger partial charge in [0.1, 0.15) is 0 Å². The molecule has 0 unspecified atom stereocenters. The van der Waals surface area contributed by atoms with Crippen LogP contribution in [0.15, 0.2) is 48.7 Å². The van der Waals surface area contributed by atoms with Gasteiger partial charge in [0.05, 0.1) is 0 Å². The number of hydrogen-bond acceptors (Lipinski definition) is 2. The molecule has 0 aliphatic carbocycles. The van der Waals surface area contributed by atoms with E-state index in [0.717, 1.165) is 16.5 Å². The number of aryl methyl sites for hydroxylation is 1. The van der Waals surface area contributed by atoms with Crippen molar-refractivity contribution in [1.29, 1.82) is 0 Å². The molecule has 19 heavy (non-hydrogen) atoms. The van der Waals surface area contributed by atoms with Gasteiger partial charge < -0.3 is 10.7 Å². The topological polar surface area (TPSA) is 58.9 Å². The van der Waals surface area contributed by atoms with Crippen molar-refractivity contribution < 1.29 is 4.79 Å². The standard InChI is InChI=1S/C16H14N2O/c1-10-5-6-15-13(7-10)14(9-18-15)16(19)11-3-2-4-12(17)8-11/h2-9,18H,17H2,1H3. The van der Waals surface area contributed by atoms with Crippen molar-refractivity contribution in [2.75, 3.05) is 5.73 Å². The molecule has 0 amide bonds. The third kappa shape index (κ3) is 1.99. The first-order valence-electron chi connectivity index (χ1n) is 6.13. The third-order valence-electron chi connectivity index (χ3n) is 3.23. The van der Waals surface area contributed by atoms with Gasteiger partial charge in [0.25, 0.3) is 0 Å². The molecule has 3 N–H and O–H groups in total. The van der Waals surface area contributed by atoms with E-state index in [1.165, 1.54) is 0 Å². The number of nitrogen functional groups attached to an aromatic ring is 1. The number of hydrogen-bond donors (Lipinski definition) is 2. The van der Waals surface area contributed by atoms with Crippen LogP contribution in [0.25, 0.3) is 10.9 Å². The van der Waals surface area contributed by atoms with Gasteiger partial charge in [-0.05, 0) is 31.2 Å². The lowest BCUT2D eigenvalue weighted by molar-refractivity contribution is 0.104. The summed E-state index contributed by atoms with van der Waals surface area (Å²) < 4.78 is 0. The number of rotatable bonds is 2. The second-order valence-electron chi connectivity index (χ2n) is 4.71. The first kappa shape index (κ1) is 11.5. The van der Waals surface area contributed by atoms with Gasteiger partial charge in [0.15, 0.2) is 5.78 Å². The van der Waals surface area contributed by atoms with Crippen molar-refractivity contribution in [3.8, 4) is 0 Å². The van der Waals surface area contributed by atoms with Crippen molar-refractivity contribution >= 4 is 22.4 Å². The molecule has 0 aliphatic rings. The quantitative estimate of drug-likeness (QED) is 0.541. The Labute approximate surface area is 111 Å². The summed E-state index contributed by atoms with van der Waals surface area (Å²) in [6.45, 7) is 2.02. The maximum Gasteiger partial charge on any atom is 0.195 e. The van der Waals surface area contributed by atoms with Crippen LogP contribution in [0.1, 0.15) is 21.5 Å². The number of ketones is 1. The van der Waals surface area contributed by atoms with Gasteiger partial charge in [-0.15, -0.1) is 0 Å². The molecule has 1 aromatic heterocycles. The summed E-state index contributed by atoms with van der Waals surface area (Å²) in [6.07, 6.45) is 1.76. The van der Waals surface area contributed by atoms with E-state index < -0.39 is 0 Å². The molecule has 3 nitrogen and oxygen atoms in total. The smallest absolute Gasteiger partial charge is 0.195 e. The molecule has 94 valence electrons. The first-order chi connectivity index (χ1) is 9.15. The maximum atomic E-state index is 12.5. The Morgan fingerprint density at radius 2 is 2.00 bits per heavy atom.